The Hall–Kier alpha value is -1.61. The summed E-state index contributed by atoms with van der Waals surface area (Å²) in [6, 6.07) is 9.38. The molecule has 0 radical (unpaired) electrons. The number of fused-ring (bicyclic) bond motifs is 1. The number of rotatable bonds is 3. The highest BCUT2D eigenvalue weighted by molar-refractivity contribution is 5.78. The molecule has 1 heterocycles. The summed E-state index contributed by atoms with van der Waals surface area (Å²) in [5.74, 6) is 0. The highest BCUT2D eigenvalue weighted by Crippen LogP contribution is 2.09. The normalized spacial score (nSPS) is 11.9. The number of nitrogens with zero attached hydrogens (tertiary/aromatic N) is 1. The van der Waals surface area contributed by atoms with Crippen molar-refractivity contribution in [1.82, 2.24) is 9.88 Å². The highest BCUT2D eigenvalue weighted by Gasteiger charge is 2.08. The molecule has 2 rings (SSSR count). The molecule has 0 saturated carbocycles. The summed E-state index contributed by atoms with van der Waals surface area (Å²) < 4.78 is 2.12. The van der Waals surface area contributed by atoms with Crippen molar-refractivity contribution in [1.29, 1.82) is 0 Å². The summed E-state index contributed by atoms with van der Waals surface area (Å²) in [5, 5.41) is 4.24. The quantitative estimate of drug-likeness (QED) is 0.899. The van der Waals surface area contributed by atoms with Gasteiger partial charge in [0, 0.05) is 36.3 Å². The molecule has 0 unspecified atom stereocenters. The molecule has 3 heteroatoms. The molecule has 0 saturated heterocycles. The van der Waals surface area contributed by atoms with E-state index in [1.165, 1.54) is 0 Å². The van der Waals surface area contributed by atoms with Crippen molar-refractivity contribution in [2.24, 2.45) is 0 Å². The largest absolute Gasteiger partial charge is 0.346 e. The van der Waals surface area contributed by atoms with Crippen LogP contribution in [0, 0.1) is 0 Å². The molecule has 0 atom stereocenters. The maximum absolute atomic E-state index is 11.7. The number of hydrogen-bond acceptors (Lipinski definition) is 2. The SMILES string of the molecule is CC(C)(C)NCCn1ccc(=O)c2ccccc21. The molecule has 0 amide bonds. The van der Waals surface area contributed by atoms with Crippen LogP contribution in [-0.2, 0) is 6.54 Å². The van der Waals surface area contributed by atoms with Gasteiger partial charge in [-0.3, -0.25) is 4.79 Å². The Morgan fingerprint density at radius 2 is 1.89 bits per heavy atom. The zero-order valence-corrected chi connectivity index (χ0v) is 11.2. The number of aromatic nitrogens is 1. The fourth-order valence-electron chi connectivity index (χ4n) is 2.01. The smallest absolute Gasteiger partial charge is 0.189 e. The zero-order valence-electron chi connectivity index (χ0n) is 11.2. The Kier molecular flexibility index (Phi) is 3.53. The van der Waals surface area contributed by atoms with Gasteiger partial charge in [0.05, 0.1) is 5.52 Å². The second-order valence-corrected chi connectivity index (χ2v) is 5.57. The van der Waals surface area contributed by atoms with Crippen molar-refractivity contribution in [3.05, 3.63) is 46.8 Å². The van der Waals surface area contributed by atoms with Crippen molar-refractivity contribution < 1.29 is 0 Å². The maximum Gasteiger partial charge on any atom is 0.189 e. The third-order valence-electron chi connectivity index (χ3n) is 2.89. The zero-order chi connectivity index (χ0) is 13.2. The monoisotopic (exact) mass is 244 g/mol. The standard InChI is InChI=1S/C15H20N2O/c1-15(2,3)16-9-11-17-10-8-14(18)12-6-4-5-7-13(12)17/h4-8,10,16H,9,11H2,1-3H3. The molecule has 18 heavy (non-hydrogen) atoms. The van der Waals surface area contributed by atoms with Crippen molar-refractivity contribution >= 4 is 10.9 Å². The first-order chi connectivity index (χ1) is 8.47. The lowest BCUT2D eigenvalue weighted by atomic mass is 10.1. The van der Waals surface area contributed by atoms with E-state index in [9.17, 15) is 4.79 Å². The van der Waals surface area contributed by atoms with E-state index in [0.29, 0.717) is 0 Å². The van der Waals surface area contributed by atoms with Gasteiger partial charge < -0.3 is 9.88 Å². The van der Waals surface area contributed by atoms with Crippen LogP contribution in [0.5, 0.6) is 0 Å². The minimum absolute atomic E-state index is 0.0885. The van der Waals surface area contributed by atoms with Crippen molar-refractivity contribution in [2.75, 3.05) is 6.54 Å². The Morgan fingerprint density at radius 3 is 2.61 bits per heavy atom. The summed E-state index contributed by atoms with van der Waals surface area (Å²) in [6.07, 6.45) is 1.87. The van der Waals surface area contributed by atoms with Crippen LogP contribution >= 0.6 is 0 Å². The van der Waals surface area contributed by atoms with Crippen LogP contribution in [0.3, 0.4) is 0 Å². The van der Waals surface area contributed by atoms with Crippen LogP contribution in [0.2, 0.25) is 0 Å². The lowest BCUT2D eigenvalue weighted by Crippen LogP contribution is -2.37. The van der Waals surface area contributed by atoms with E-state index >= 15 is 0 Å². The van der Waals surface area contributed by atoms with E-state index in [-0.39, 0.29) is 11.0 Å². The van der Waals surface area contributed by atoms with E-state index in [4.69, 9.17) is 0 Å². The van der Waals surface area contributed by atoms with E-state index < -0.39 is 0 Å². The maximum atomic E-state index is 11.7. The molecule has 1 aromatic heterocycles. The summed E-state index contributed by atoms with van der Waals surface area (Å²) >= 11 is 0. The number of para-hydroxylation sites is 1. The van der Waals surface area contributed by atoms with Gasteiger partial charge in [-0.15, -0.1) is 0 Å². The van der Waals surface area contributed by atoms with Crippen LogP contribution in [-0.4, -0.2) is 16.7 Å². The van der Waals surface area contributed by atoms with Gasteiger partial charge in [0.15, 0.2) is 5.43 Å². The second kappa shape index (κ2) is 4.94. The fraction of sp³-hybridized carbons (Fsp3) is 0.400. The Labute approximate surface area is 107 Å². The van der Waals surface area contributed by atoms with Crippen molar-refractivity contribution in [3.63, 3.8) is 0 Å². The molecule has 0 spiro atoms. The van der Waals surface area contributed by atoms with Gasteiger partial charge in [0.25, 0.3) is 0 Å². The van der Waals surface area contributed by atoms with Crippen LogP contribution < -0.4 is 10.7 Å². The predicted octanol–water partition coefficient (Wildman–Crippen LogP) is 2.39. The molecular formula is C15H20N2O. The fourth-order valence-corrected chi connectivity index (χ4v) is 2.01. The molecule has 0 aliphatic rings. The first-order valence-electron chi connectivity index (χ1n) is 6.31. The van der Waals surface area contributed by atoms with Crippen LogP contribution in [0.1, 0.15) is 20.8 Å². The minimum atomic E-state index is 0.0885. The number of pyridine rings is 1. The highest BCUT2D eigenvalue weighted by atomic mass is 16.1. The first kappa shape index (κ1) is 12.8. The molecule has 3 nitrogen and oxygen atoms in total. The van der Waals surface area contributed by atoms with E-state index in [2.05, 4.69) is 30.7 Å². The van der Waals surface area contributed by atoms with Crippen LogP contribution in [0.15, 0.2) is 41.3 Å². The Bertz CT molecular complexity index is 593. The van der Waals surface area contributed by atoms with Gasteiger partial charge in [-0.1, -0.05) is 12.1 Å². The molecule has 0 bridgehead atoms. The van der Waals surface area contributed by atoms with Crippen molar-refractivity contribution in [3.8, 4) is 0 Å². The molecule has 1 N–H and O–H groups in total. The van der Waals surface area contributed by atoms with Crippen molar-refractivity contribution in [2.45, 2.75) is 32.9 Å². The minimum Gasteiger partial charge on any atom is -0.346 e. The third kappa shape index (κ3) is 2.99. The lowest BCUT2D eigenvalue weighted by molar-refractivity contribution is 0.414. The van der Waals surface area contributed by atoms with E-state index in [1.807, 2.05) is 30.5 Å². The number of nitrogens with one attached hydrogen (secondary N) is 1. The Morgan fingerprint density at radius 1 is 1.17 bits per heavy atom. The van der Waals surface area contributed by atoms with Crippen LogP contribution in [0.25, 0.3) is 10.9 Å². The van der Waals surface area contributed by atoms with Gasteiger partial charge in [-0.2, -0.15) is 0 Å². The van der Waals surface area contributed by atoms with Gasteiger partial charge in [-0.25, -0.2) is 0 Å². The van der Waals surface area contributed by atoms with Gasteiger partial charge >= 0.3 is 0 Å². The average molecular weight is 244 g/mol. The number of hydrogen-bond donors (Lipinski definition) is 1. The predicted molar refractivity (Wildman–Crippen MR) is 76.0 cm³/mol. The average Bonchev–Trinajstić information content (AvgIpc) is 2.31. The van der Waals surface area contributed by atoms with Gasteiger partial charge in [0.1, 0.15) is 0 Å². The van der Waals surface area contributed by atoms with E-state index in [1.54, 1.807) is 6.07 Å². The second-order valence-electron chi connectivity index (χ2n) is 5.57. The molecule has 96 valence electrons. The third-order valence-corrected chi connectivity index (χ3v) is 2.89. The molecule has 1 aromatic carbocycles. The first-order valence-corrected chi connectivity index (χ1v) is 6.31. The molecular weight excluding hydrogens is 224 g/mol. The molecule has 0 aliphatic carbocycles. The van der Waals surface area contributed by atoms with Gasteiger partial charge in [0.2, 0.25) is 0 Å². The molecule has 0 aliphatic heterocycles. The molecule has 0 fully saturated rings. The lowest BCUT2D eigenvalue weighted by Gasteiger charge is -2.21. The molecule has 2 aromatic rings. The summed E-state index contributed by atoms with van der Waals surface area (Å²) in [5.41, 5.74) is 1.21. The summed E-state index contributed by atoms with van der Waals surface area (Å²) in [7, 11) is 0. The number of benzene rings is 1. The van der Waals surface area contributed by atoms with Gasteiger partial charge in [-0.05, 0) is 32.9 Å². The summed E-state index contributed by atoms with van der Waals surface area (Å²) in [4.78, 5) is 11.7. The Balaban J connectivity index is 2.24. The summed E-state index contributed by atoms with van der Waals surface area (Å²) in [6.45, 7) is 8.19. The topological polar surface area (TPSA) is 34.0 Å². The van der Waals surface area contributed by atoms with E-state index in [0.717, 1.165) is 24.0 Å². The van der Waals surface area contributed by atoms with Crippen LogP contribution in [0.4, 0.5) is 0 Å².